The lowest BCUT2D eigenvalue weighted by Crippen LogP contribution is -2.50. The Labute approximate surface area is 183 Å². The molecule has 2 aromatic carbocycles. The molecule has 0 saturated carbocycles. The van der Waals surface area contributed by atoms with Crippen molar-refractivity contribution in [1.29, 1.82) is 0 Å². The minimum Gasteiger partial charge on any atom is -0.496 e. The van der Waals surface area contributed by atoms with Crippen LogP contribution >= 0.6 is 11.6 Å². The molecule has 1 aliphatic rings. The number of ether oxygens (including phenoxy) is 1. The van der Waals surface area contributed by atoms with Crippen molar-refractivity contribution in [2.75, 3.05) is 33.3 Å². The highest BCUT2D eigenvalue weighted by Gasteiger charge is 2.36. The molecular formula is C20H20ClF3N2O4S. The van der Waals surface area contributed by atoms with Crippen LogP contribution in [-0.4, -0.2) is 56.8 Å². The number of halogens is 4. The Morgan fingerprint density at radius 3 is 2.29 bits per heavy atom. The molecule has 11 heteroatoms. The molecule has 0 spiro atoms. The zero-order valence-electron chi connectivity index (χ0n) is 16.7. The summed E-state index contributed by atoms with van der Waals surface area (Å²) in [6.07, 6.45) is -4.70. The van der Waals surface area contributed by atoms with E-state index in [1.165, 1.54) is 12.0 Å². The first-order valence-electron chi connectivity index (χ1n) is 9.26. The summed E-state index contributed by atoms with van der Waals surface area (Å²) in [5.41, 5.74) is 0.125. The third kappa shape index (κ3) is 4.81. The lowest BCUT2D eigenvalue weighted by atomic mass is 10.1. The highest BCUT2D eigenvalue weighted by Crippen LogP contribution is 2.34. The highest BCUT2D eigenvalue weighted by atomic mass is 35.5. The summed E-state index contributed by atoms with van der Waals surface area (Å²) in [5, 5.41) is -0.295. The molecule has 0 bridgehead atoms. The molecule has 0 atom stereocenters. The summed E-state index contributed by atoms with van der Waals surface area (Å²) in [7, 11) is -2.82. The van der Waals surface area contributed by atoms with Gasteiger partial charge in [-0.15, -0.1) is 0 Å². The van der Waals surface area contributed by atoms with Crippen molar-refractivity contribution in [2.45, 2.75) is 18.0 Å². The molecule has 1 saturated heterocycles. The second-order valence-corrected chi connectivity index (χ2v) is 9.36. The van der Waals surface area contributed by atoms with Crippen molar-refractivity contribution in [3.05, 3.63) is 58.1 Å². The van der Waals surface area contributed by atoms with Crippen LogP contribution < -0.4 is 4.74 Å². The number of hydrogen-bond donors (Lipinski definition) is 0. The van der Waals surface area contributed by atoms with Crippen molar-refractivity contribution in [1.82, 2.24) is 9.21 Å². The minimum atomic E-state index is -4.70. The topological polar surface area (TPSA) is 66.9 Å². The largest absolute Gasteiger partial charge is 0.496 e. The predicted molar refractivity (Wildman–Crippen MR) is 109 cm³/mol. The van der Waals surface area contributed by atoms with Crippen LogP contribution in [0.5, 0.6) is 5.75 Å². The van der Waals surface area contributed by atoms with Gasteiger partial charge < -0.3 is 9.64 Å². The van der Waals surface area contributed by atoms with Gasteiger partial charge in [-0.3, -0.25) is 4.79 Å². The van der Waals surface area contributed by atoms with Gasteiger partial charge in [0.05, 0.1) is 23.3 Å². The molecular weight excluding hydrogens is 457 g/mol. The number of aryl methyl sites for hydroxylation is 1. The molecule has 31 heavy (non-hydrogen) atoms. The van der Waals surface area contributed by atoms with Crippen molar-refractivity contribution in [2.24, 2.45) is 0 Å². The van der Waals surface area contributed by atoms with Gasteiger partial charge in [0.15, 0.2) is 0 Å². The number of amides is 1. The number of rotatable bonds is 4. The Morgan fingerprint density at radius 2 is 1.71 bits per heavy atom. The van der Waals surface area contributed by atoms with E-state index >= 15 is 0 Å². The van der Waals surface area contributed by atoms with Crippen LogP contribution in [0.1, 0.15) is 21.5 Å². The highest BCUT2D eigenvalue weighted by molar-refractivity contribution is 7.89. The van der Waals surface area contributed by atoms with Crippen LogP contribution in [0.4, 0.5) is 13.2 Å². The van der Waals surface area contributed by atoms with Gasteiger partial charge in [-0.2, -0.15) is 17.5 Å². The van der Waals surface area contributed by atoms with Gasteiger partial charge in [0.2, 0.25) is 10.0 Å². The molecule has 1 aliphatic heterocycles. The first-order chi connectivity index (χ1) is 14.4. The maximum Gasteiger partial charge on any atom is 0.416 e. The molecule has 6 nitrogen and oxygen atoms in total. The van der Waals surface area contributed by atoms with E-state index in [9.17, 15) is 26.4 Å². The Balaban J connectivity index is 1.79. The summed E-state index contributed by atoms with van der Waals surface area (Å²) in [6, 6.07) is 7.35. The third-order valence-corrected chi connectivity index (χ3v) is 7.37. The van der Waals surface area contributed by atoms with E-state index in [1.807, 2.05) is 6.92 Å². The first kappa shape index (κ1) is 23.4. The monoisotopic (exact) mass is 476 g/mol. The molecule has 3 rings (SSSR count). The Kier molecular flexibility index (Phi) is 6.54. The average Bonchev–Trinajstić information content (AvgIpc) is 2.72. The van der Waals surface area contributed by atoms with E-state index in [2.05, 4.69) is 0 Å². The van der Waals surface area contributed by atoms with E-state index in [1.54, 1.807) is 18.2 Å². The number of carbonyl (C=O) groups excluding carboxylic acids is 1. The molecule has 0 unspecified atom stereocenters. The zero-order valence-corrected chi connectivity index (χ0v) is 18.3. The van der Waals surface area contributed by atoms with Crippen LogP contribution in [0.15, 0.2) is 41.3 Å². The SMILES string of the molecule is COc1ccc(C)cc1C(=O)N1CCN(S(=O)(=O)c2cc(C(F)(F)F)ccc2Cl)CC1. The number of piperazine rings is 1. The van der Waals surface area contributed by atoms with E-state index in [0.29, 0.717) is 17.4 Å². The molecule has 1 fully saturated rings. The van der Waals surface area contributed by atoms with Gasteiger partial charge in [-0.25, -0.2) is 8.42 Å². The van der Waals surface area contributed by atoms with Gasteiger partial charge in [0.25, 0.3) is 5.91 Å². The van der Waals surface area contributed by atoms with E-state index in [4.69, 9.17) is 16.3 Å². The number of sulfonamides is 1. The lowest BCUT2D eigenvalue weighted by molar-refractivity contribution is -0.137. The number of carbonyl (C=O) groups is 1. The third-order valence-electron chi connectivity index (χ3n) is 4.99. The molecule has 0 N–H and O–H groups in total. The molecule has 1 heterocycles. The molecule has 0 aliphatic carbocycles. The summed E-state index contributed by atoms with van der Waals surface area (Å²) in [4.78, 5) is 13.8. The lowest BCUT2D eigenvalue weighted by Gasteiger charge is -2.34. The summed E-state index contributed by atoms with van der Waals surface area (Å²) in [5.74, 6) is 0.0936. The number of alkyl halides is 3. The van der Waals surface area contributed by atoms with E-state index in [0.717, 1.165) is 22.0 Å². The van der Waals surface area contributed by atoms with Gasteiger partial charge in [-0.05, 0) is 37.3 Å². The first-order valence-corrected chi connectivity index (χ1v) is 11.1. The van der Waals surface area contributed by atoms with Crippen molar-refractivity contribution in [3.8, 4) is 5.75 Å². The molecule has 0 radical (unpaired) electrons. The van der Waals surface area contributed by atoms with Gasteiger partial charge >= 0.3 is 6.18 Å². The fourth-order valence-corrected chi connectivity index (χ4v) is 5.23. The Morgan fingerprint density at radius 1 is 1.06 bits per heavy atom. The van der Waals surface area contributed by atoms with Crippen LogP contribution in [0, 0.1) is 6.92 Å². The normalized spacial score (nSPS) is 15.7. The maximum absolute atomic E-state index is 13.0. The number of benzene rings is 2. The summed E-state index contributed by atoms with van der Waals surface area (Å²) >= 11 is 5.91. The molecule has 1 amide bonds. The minimum absolute atomic E-state index is 0.0746. The standard InChI is InChI=1S/C20H20ClF3N2O4S/c1-13-3-6-17(30-2)15(11-13)19(27)25-7-9-26(10-8-25)31(28,29)18-12-14(20(22,23)24)4-5-16(18)21/h3-6,11-12H,7-10H2,1-2H3. The van der Waals surface area contributed by atoms with Crippen LogP contribution in [0.2, 0.25) is 5.02 Å². The predicted octanol–water partition coefficient (Wildman–Crippen LogP) is 3.82. The smallest absolute Gasteiger partial charge is 0.416 e. The Hall–Kier alpha value is -2.30. The van der Waals surface area contributed by atoms with Crippen LogP contribution in [0.25, 0.3) is 0 Å². The average molecular weight is 477 g/mol. The zero-order chi connectivity index (χ0) is 23.0. The number of nitrogens with zero attached hydrogens (tertiary/aromatic N) is 2. The quantitative estimate of drug-likeness (QED) is 0.673. The second kappa shape index (κ2) is 8.68. The maximum atomic E-state index is 13.0. The molecule has 0 aromatic heterocycles. The van der Waals surface area contributed by atoms with Gasteiger partial charge in [-0.1, -0.05) is 23.2 Å². The Bertz CT molecular complexity index is 1100. The van der Waals surface area contributed by atoms with Crippen molar-refractivity contribution < 1.29 is 31.1 Å². The van der Waals surface area contributed by atoms with Gasteiger partial charge in [0, 0.05) is 26.2 Å². The van der Waals surface area contributed by atoms with Gasteiger partial charge in [0.1, 0.15) is 10.6 Å². The van der Waals surface area contributed by atoms with Crippen LogP contribution in [-0.2, 0) is 16.2 Å². The second-order valence-electron chi connectivity index (χ2n) is 7.04. The van der Waals surface area contributed by atoms with Crippen molar-refractivity contribution >= 4 is 27.5 Å². The number of hydrogen-bond acceptors (Lipinski definition) is 4. The number of methoxy groups -OCH3 is 1. The summed E-state index contributed by atoms with van der Waals surface area (Å²) in [6.45, 7) is 1.83. The fraction of sp³-hybridized carbons (Fsp3) is 0.350. The van der Waals surface area contributed by atoms with Crippen molar-refractivity contribution in [3.63, 3.8) is 0 Å². The van der Waals surface area contributed by atoms with Crippen LogP contribution in [0.3, 0.4) is 0 Å². The van der Waals surface area contributed by atoms with E-state index in [-0.39, 0.29) is 37.1 Å². The fourth-order valence-electron chi connectivity index (χ4n) is 3.31. The molecule has 2 aromatic rings. The molecule has 168 valence electrons. The van der Waals surface area contributed by atoms with E-state index < -0.39 is 26.7 Å². The summed E-state index contributed by atoms with van der Waals surface area (Å²) < 4.78 is 71.2.